The van der Waals surface area contributed by atoms with Crippen molar-refractivity contribution >= 4 is 0 Å². The Hall–Kier alpha value is -0.860. The fourth-order valence-corrected chi connectivity index (χ4v) is 2.77. The van der Waals surface area contributed by atoms with Crippen molar-refractivity contribution in [3.05, 3.63) is 35.4 Å². The molecule has 0 aliphatic carbocycles. The van der Waals surface area contributed by atoms with Crippen molar-refractivity contribution in [3.63, 3.8) is 0 Å². The van der Waals surface area contributed by atoms with E-state index in [1.807, 2.05) is 0 Å². The van der Waals surface area contributed by atoms with E-state index in [-0.39, 0.29) is 0 Å². The van der Waals surface area contributed by atoms with Crippen LogP contribution >= 0.6 is 0 Å². The molecule has 1 aromatic carbocycles. The number of benzene rings is 1. The van der Waals surface area contributed by atoms with Gasteiger partial charge in [0.15, 0.2) is 0 Å². The Labute approximate surface area is 131 Å². The van der Waals surface area contributed by atoms with Gasteiger partial charge in [-0.15, -0.1) is 0 Å². The average molecular weight is 290 g/mol. The lowest BCUT2D eigenvalue weighted by atomic mass is 10.0. The highest BCUT2D eigenvalue weighted by atomic mass is 15.1. The van der Waals surface area contributed by atoms with Gasteiger partial charge in [-0.05, 0) is 63.4 Å². The topological polar surface area (TPSA) is 15.3 Å². The van der Waals surface area contributed by atoms with Crippen LogP contribution in [0.3, 0.4) is 0 Å². The van der Waals surface area contributed by atoms with Gasteiger partial charge >= 0.3 is 0 Å². The van der Waals surface area contributed by atoms with Gasteiger partial charge in [0.05, 0.1) is 0 Å². The summed E-state index contributed by atoms with van der Waals surface area (Å²) in [6, 6.07) is 9.53. The minimum Gasteiger partial charge on any atom is -0.316 e. The minimum absolute atomic E-state index is 0.635. The van der Waals surface area contributed by atoms with Gasteiger partial charge in [-0.3, -0.25) is 4.90 Å². The Morgan fingerprint density at radius 1 is 1.05 bits per heavy atom. The van der Waals surface area contributed by atoms with Gasteiger partial charge in [-0.25, -0.2) is 0 Å². The Bertz CT molecular complexity index is 387. The average Bonchev–Trinajstić information content (AvgIpc) is 2.44. The quantitative estimate of drug-likeness (QED) is 0.653. The lowest BCUT2D eigenvalue weighted by Gasteiger charge is -2.27. The van der Waals surface area contributed by atoms with Gasteiger partial charge in [0.2, 0.25) is 0 Å². The lowest BCUT2D eigenvalue weighted by molar-refractivity contribution is 0.220. The summed E-state index contributed by atoms with van der Waals surface area (Å²) in [7, 11) is 2.25. The van der Waals surface area contributed by atoms with Crippen molar-refractivity contribution in [3.8, 4) is 0 Å². The molecule has 2 heteroatoms. The summed E-state index contributed by atoms with van der Waals surface area (Å²) in [5.41, 5.74) is 2.97. The third kappa shape index (κ3) is 7.10. The molecule has 0 radical (unpaired) electrons. The molecule has 120 valence electrons. The van der Waals surface area contributed by atoms with Gasteiger partial charge in [0.1, 0.15) is 0 Å². The highest BCUT2D eigenvalue weighted by Gasteiger charge is 2.12. The molecule has 1 rings (SSSR count). The van der Waals surface area contributed by atoms with Crippen LogP contribution in [0.4, 0.5) is 0 Å². The zero-order chi connectivity index (χ0) is 15.7. The van der Waals surface area contributed by atoms with E-state index in [9.17, 15) is 0 Å². The minimum atomic E-state index is 0.635. The molecular formula is C19H34N2. The van der Waals surface area contributed by atoms with Gasteiger partial charge in [0.25, 0.3) is 0 Å². The molecule has 0 aromatic heterocycles. The Morgan fingerprint density at radius 3 is 2.33 bits per heavy atom. The maximum Gasteiger partial charge on any atom is 0.0236 e. The molecule has 2 nitrogen and oxygen atoms in total. The molecule has 0 amide bonds. The number of hydrogen-bond acceptors (Lipinski definition) is 2. The van der Waals surface area contributed by atoms with Gasteiger partial charge in [0, 0.05) is 12.6 Å². The van der Waals surface area contributed by atoms with Crippen LogP contribution in [0.5, 0.6) is 0 Å². The molecule has 0 aliphatic rings. The Kier molecular flexibility index (Phi) is 8.63. The van der Waals surface area contributed by atoms with Crippen LogP contribution in [0, 0.1) is 5.92 Å². The molecular weight excluding hydrogens is 256 g/mol. The molecule has 0 fully saturated rings. The molecule has 1 aromatic rings. The number of hydrogen-bond donors (Lipinski definition) is 1. The molecule has 0 bridgehead atoms. The van der Waals surface area contributed by atoms with Gasteiger partial charge in [-0.2, -0.15) is 0 Å². The van der Waals surface area contributed by atoms with Gasteiger partial charge in [-0.1, -0.05) is 45.0 Å². The maximum absolute atomic E-state index is 3.50. The molecule has 0 aliphatic heterocycles. The summed E-state index contributed by atoms with van der Waals surface area (Å²) in [5.74, 6) is 0.760. The summed E-state index contributed by atoms with van der Waals surface area (Å²) in [6.07, 6.45) is 3.59. The van der Waals surface area contributed by atoms with Crippen molar-refractivity contribution in [2.45, 2.75) is 59.5 Å². The number of nitrogens with one attached hydrogen (secondary N) is 1. The van der Waals surface area contributed by atoms with E-state index < -0.39 is 0 Å². The van der Waals surface area contributed by atoms with Crippen LogP contribution in [-0.2, 0) is 13.0 Å². The fraction of sp³-hybridized carbons (Fsp3) is 0.684. The zero-order valence-corrected chi connectivity index (χ0v) is 14.7. The fourth-order valence-electron chi connectivity index (χ4n) is 2.77. The van der Waals surface area contributed by atoms with Crippen molar-refractivity contribution in [1.82, 2.24) is 10.2 Å². The highest BCUT2D eigenvalue weighted by molar-refractivity contribution is 5.27. The summed E-state index contributed by atoms with van der Waals surface area (Å²) >= 11 is 0. The van der Waals surface area contributed by atoms with E-state index in [4.69, 9.17) is 0 Å². The monoisotopic (exact) mass is 290 g/mol. The van der Waals surface area contributed by atoms with Crippen LogP contribution in [0.15, 0.2) is 24.3 Å². The predicted octanol–water partition coefficient (Wildman–Crippen LogP) is 4.10. The van der Waals surface area contributed by atoms with E-state index in [0.29, 0.717) is 6.04 Å². The van der Waals surface area contributed by atoms with E-state index in [1.165, 1.54) is 24.0 Å². The maximum atomic E-state index is 3.50. The number of rotatable bonds is 10. The number of nitrogens with zero attached hydrogens (tertiary/aromatic N) is 1. The van der Waals surface area contributed by atoms with Crippen LogP contribution in [0.1, 0.15) is 51.7 Å². The first-order chi connectivity index (χ1) is 10.0. The summed E-state index contributed by atoms with van der Waals surface area (Å²) < 4.78 is 0. The molecule has 1 atom stereocenters. The van der Waals surface area contributed by atoms with E-state index in [0.717, 1.165) is 32.0 Å². The first-order valence-electron chi connectivity index (χ1n) is 8.52. The van der Waals surface area contributed by atoms with Crippen LogP contribution in [0.2, 0.25) is 0 Å². The van der Waals surface area contributed by atoms with E-state index >= 15 is 0 Å². The predicted molar refractivity (Wildman–Crippen MR) is 93.7 cm³/mol. The highest BCUT2D eigenvalue weighted by Crippen LogP contribution is 2.16. The van der Waals surface area contributed by atoms with Crippen molar-refractivity contribution in [2.75, 3.05) is 20.1 Å². The summed E-state index contributed by atoms with van der Waals surface area (Å²) in [6.45, 7) is 12.4. The second-order valence-electron chi connectivity index (χ2n) is 6.66. The first-order valence-corrected chi connectivity index (χ1v) is 8.52. The molecule has 21 heavy (non-hydrogen) atoms. The van der Waals surface area contributed by atoms with Crippen molar-refractivity contribution in [2.24, 2.45) is 5.92 Å². The second kappa shape index (κ2) is 9.97. The molecule has 0 saturated carbocycles. The third-order valence-electron chi connectivity index (χ3n) is 4.10. The molecule has 0 heterocycles. The largest absolute Gasteiger partial charge is 0.316 e. The third-order valence-corrected chi connectivity index (χ3v) is 4.10. The standard InChI is InChI=1S/C19H34N2/c1-6-12-20-13-11-18-9-7-8-10-19(18)15-21(5)17(4)14-16(2)3/h7-10,16-17,20H,6,11-15H2,1-5H3. The second-order valence-corrected chi connectivity index (χ2v) is 6.66. The summed E-state index contributed by atoms with van der Waals surface area (Å²) in [4.78, 5) is 2.48. The zero-order valence-electron chi connectivity index (χ0n) is 14.7. The van der Waals surface area contributed by atoms with Crippen LogP contribution in [-0.4, -0.2) is 31.1 Å². The molecule has 1 N–H and O–H groups in total. The smallest absolute Gasteiger partial charge is 0.0236 e. The molecule has 1 unspecified atom stereocenters. The molecule has 0 spiro atoms. The first kappa shape index (κ1) is 18.2. The normalized spacial score (nSPS) is 13.1. The van der Waals surface area contributed by atoms with E-state index in [2.05, 4.69) is 69.2 Å². The van der Waals surface area contributed by atoms with Gasteiger partial charge < -0.3 is 5.32 Å². The van der Waals surface area contributed by atoms with Crippen molar-refractivity contribution in [1.29, 1.82) is 0 Å². The van der Waals surface area contributed by atoms with E-state index in [1.54, 1.807) is 0 Å². The van der Waals surface area contributed by atoms with Crippen LogP contribution < -0.4 is 5.32 Å². The SMILES string of the molecule is CCCNCCc1ccccc1CN(C)C(C)CC(C)C. The van der Waals surface area contributed by atoms with Crippen LogP contribution in [0.25, 0.3) is 0 Å². The Morgan fingerprint density at radius 2 is 1.71 bits per heavy atom. The Balaban J connectivity index is 2.57. The molecule has 0 saturated heterocycles. The van der Waals surface area contributed by atoms with Crippen molar-refractivity contribution < 1.29 is 0 Å². The summed E-state index contributed by atoms with van der Waals surface area (Å²) in [5, 5.41) is 3.50. The lowest BCUT2D eigenvalue weighted by Crippen LogP contribution is -2.30.